The molecule has 0 bridgehead atoms. The van der Waals surface area contributed by atoms with Crippen molar-refractivity contribution < 1.29 is 4.79 Å². The summed E-state index contributed by atoms with van der Waals surface area (Å²) in [5, 5.41) is 3.48. The Morgan fingerprint density at radius 2 is 1.38 bits per heavy atom. The molecule has 124 valence electrons. The molecule has 2 unspecified atom stereocenters. The topological polar surface area (TPSA) is 32.3 Å². The number of hydrogen-bond donors (Lipinski definition) is 1. The average Bonchev–Trinajstić information content (AvgIpc) is 2.44. The van der Waals surface area contributed by atoms with Crippen molar-refractivity contribution in [2.45, 2.75) is 97.1 Å². The van der Waals surface area contributed by atoms with Gasteiger partial charge in [-0.05, 0) is 20.3 Å². The maximum Gasteiger partial charge on any atom is 0.222 e. The van der Waals surface area contributed by atoms with Crippen LogP contribution in [0.5, 0.6) is 0 Å². The molecule has 0 aromatic rings. The summed E-state index contributed by atoms with van der Waals surface area (Å²) >= 11 is 0. The van der Waals surface area contributed by atoms with Gasteiger partial charge in [0.2, 0.25) is 5.91 Å². The molecule has 21 heavy (non-hydrogen) atoms. The van der Waals surface area contributed by atoms with E-state index in [0.29, 0.717) is 18.0 Å². The van der Waals surface area contributed by atoms with E-state index < -0.39 is 0 Å². The Morgan fingerprint density at radius 3 is 1.90 bits per heavy atom. The number of piperazine rings is 1. The fourth-order valence-corrected chi connectivity index (χ4v) is 3.28. The number of carbonyl (C=O) groups is 1. The molecule has 0 saturated carbocycles. The maximum atomic E-state index is 12.2. The molecule has 1 amide bonds. The molecule has 1 aliphatic rings. The van der Waals surface area contributed by atoms with Crippen LogP contribution in [-0.2, 0) is 4.79 Å². The Bertz CT molecular complexity index is 270. The Morgan fingerprint density at radius 1 is 0.905 bits per heavy atom. The highest BCUT2D eigenvalue weighted by atomic mass is 16.2. The van der Waals surface area contributed by atoms with Crippen LogP contribution in [0, 0.1) is 0 Å². The second-order valence-electron chi connectivity index (χ2n) is 6.85. The number of hydrogen-bond acceptors (Lipinski definition) is 2. The van der Waals surface area contributed by atoms with E-state index in [1.807, 2.05) is 0 Å². The highest BCUT2D eigenvalue weighted by Gasteiger charge is 2.23. The molecule has 0 spiro atoms. The highest BCUT2D eigenvalue weighted by Crippen LogP contribution is 2.12. The minimum atomic E-state index is 0.359. The lowest BCUT2D eigenvalue weighted by molar-refractivity contribution is -0.133. The van der Waals surface area contributed by atoms with E-state index in [2.05, 4.69) is 31.0 Å². The van der Waals surface area contributed by atoms with Crippen molar-refractivity contribution >= 4 is 5.91 Å². The van der Waals surface area contributed by atoms with E-state index in [0.717, 1.165) is 25.9 Å². The molecule has 3 heteroatoms. The van der Waals surface area contributed by atoms with Crippen LogP contribution in [-0.4, -0.2) is 36.0 Å². The smallest absolute Gasteiger partial charge is 0.222 e. The summed E-state index contributed by atoms with van der Waals surface area (Å²) in [4.78, 5) is 14.2. The van der Waals surface area contributed by atoms with Gasteiger partial charge in [-0.15, -0.1) is 0 Å². The second-order valence-corrected chi connectivity index (χ2v) is 6.85. The number of unbranched alkanes of at least 4 members (excludes halogenated alkanes) is 8. The van der Waals surface area contributed by atoms with Gasteiger partial charge in [-0.25, -0.2) is 0 Å². The summed E-state index contributed by atoms with van der Waals surface area (Å²) in [6.45, 7) is 8.33. The third kappa shape index (κ3) is 8.45. The predicted octanol–water partition coefficient (Wildman–Crippen LogP) is 4.12. The Balaban J connectivity index is 1.98. The number of amides is 1. The molecule has 3 nitrogen and oxygen atoms in total. The van der Waals surface area contributed by atoms with Crippen molar-refractivity contribution in [3.8, 4) is 0 Å². The first-order chi connectivity index (χ1) is 10.1. The van der Waals surface area contributed by atoms with Crippen LogP contribution in [0.15, 0.2) is 0 Å². The molecule has 0 radical (unpaired) electrons. The van der Waals surface area contributed by atoms with Crippen LogP contribution in [0.2, 0.25) is 0 Å². The lowest BCUT2D eigenvalue weighted by atomic mass is 10.1. The van der Waals surface area contributed by atoms with Crippen molar-refractivity contribution in [3.63, 3.8) is 0 Å². The van der Waals surface area contributed by atoms with Crippen molar-refractivity contribution in [3.05, 3.63) is 0 Å². The minimum Gasteiger partial charge on any atom is -0.340 e. The predicted molar refractivity (Wildman–Crippen MR) is 90.5 cm³/mol. The van der Waals surface area contributed by atoms with Crippen LogP contribution in [0.4, 0.5) is 0 Å². The molecule has 0 aliphatic carbocycles. The van der Waals surface area contributed by atoms with Gasteiger partial charge in [0.1, 0.15) is 0 Å². The molecule has 0 aromatic heterocycles. The summed E-state index contributed by atoms with van der Waals surface area (Å²) in [5.41, 5.74) is 0. The van der Waals surface area contributed by atoms with Gasteiger partial charge in [0, 0.05) is 31.6 Å². The van der Waals surface area contributed by atoms with E-state index in [4.69, 9.17) is 0 Å². The lowest BCUT2D eigenvalue weighted by Gasteiger charge is -2.36. The highest BCUT2D eigenvalue weighted by molar-refractivity contribution is 5.76. The first-order valence-electron chi connectivity index (χ1n) is 9.17. The molecule has 0 aromatic carbocycles. The summed E-state index contributed by atoms with van der Waals surface area (Å²) in [6, 6.07) is 0.863. The number of nitrogens with zero attached hydrogens (tertiary/aromatic N) is 1. The van der Waals surface area contributed by atoms with E-state index in [-0.39, 0.29) is 0 Å². The van der Waals surface area contributed by atoms with Gasteiger partial charge in [0.05, 0.1) is 0 Å². The fraction of sp³-hybridized carbons (Fsp3) is 0.944. The molecule has 2 atom stereocenters. The van der Waals surface area contributed by atoms with Gasteiger partial charge in [0.25, 0.3) is 0 Å². The van der Waals surface area contributed by atoms with Crippen LogP contribution in [0.3, 0.4) is 0 Å². The molecule has 1 aliphatic heterocycles. The van der Waals surface area contributed by atoms with Crippen LogP contribution >= 0.6 is 0 Å². The Kier molecular flexibility index (Phi) is 9.73. The largest absolute Gasteiger partial charge is 0.340 e. The average molecular weight is 296 g/mol. The number of carbonyl (C=O) groups excluding carboxylic acids is 1. The zero-order chi connectivity index (χ0) is 15.5. The van der Waals surface area contributed by atoms with Gasteiger partial charge in [-0.1, -0.05) is 58.3 Å². The number of nitrogens with one attached hydrogen (secondary N) is 1. The van der Waals surface area contributed by atoms with E-state index in [9.17, 15) is 4.79 Å². The normalized spacial score (nSPS) is 22.5. The van der Waals surface area contributed by atoms with E-state index in [1.54, 1.807) is 0 Å². The zero-order valence-electron chi connectivity index (χ0n) is 14.5. The summed E-state index contributed by atoms with van der Waals surface area (Å²) in [7, 11) is 0. The molecule has 1 heterocycles. The lowest BCUT2D eigenvalue weighted by Crippen LogP contribution is -2.55. The third-order valence-corrected chi connectivity index (χ3v) is 4.40. The van der Waals surface area contributed by atoms with Crippen LogP contribution < -0.4 is 5.32 Å². The van der Waals surface area contributed by atoms with Crippen molar-refractivity contribution in [1.82, 2.24) is 10.2 Å². The Hall–Kier alpha value is -0.570. The van der Waals surface area contributed by atoms with Gasteiger partial charge < -0.3 is 10.2 Å². The monoisotopic (exact) mass is 296 g/mol. The summed E-state index contributed by atoms with van der Waals surface area (Å²) in [6.07, 6.45) is 12.6. The molecular formula is C18H36N2O. The maximum absolute atomic E-state index is 12.2. The zero-order valence-corrected chi connectivity index (χ0v) is 14.5. The van der Waals surface area contributed by atoms with Gasteiger partial charge in [0.15, 0.2) is 0 Å². The third-order valence-electron chi connectivity index (χ3n) is 4.40. The first kappa shape index (κ1) is 18.5. The van der Waals surface area contributed by atoms with Crippen LogP contribution in [0.1, 0.15) is 85.0 Å². The summed E-state index contributed by atoms with van der Waals surface area (Å²) < 4.78 is 0. The minimum absolute atomic E-state index is 0.359. The molecule has 1 fully saturated rings. The SMILES string of the molecule is CCCCCCCCCCCC(=O)N1CC(C)NC(C)C1. The summed E-state index contributed by atoms with van der Waals surface area (Å²) in [5.74, 6) is 0.359. The second kappa shape index (κ2) is 11.1. The molecule has 1 N–H and O–H groups in total. The van der Waals surface area contributed by atoms with Crippen molar-refractivity contribution in [1.29, 1.82) is 0 Å². The van der Waals surface area contributed by atoms with Gasteiger partial charge >= 0.3 is 0 Å². The van der Waals surface area contributed by atoms with E-state index in [1.165, 1.54) is 51.4 Å². The Labute approximate surface area is 131 Å². The fourth-order valence-electron chi connectivity index (χ4n) is 3.28. The van der Waals surface area contributed by atoms with Gasteiger partial charge in [-0.2, -0.15) is 0 Å². The van der Waals surface area contributed by atoms with Crippen molar-refractivity contribution in [2.24, 2.45) is 0 Å². The quantitative estimate of drug-likeness (QED) is 0.615. The molecule has 1 saturated heterocycles. The van der Waals surface area contributed by atoms with Crippen molar-refractivity contribution in [2.75, 3.05) is 13.1 Å². The van der Waals surface area contributed by atoms with E-state index >= 15 is 0 Å². The molecular weight excluding hydrogens is 260 g/mol. The number of rotatable bonds is 10. The van der Waals surface area contributed by atoms with Crippen LogP contribution in [0.25, 0.3) is 0 Å². The standard InChI is InChI=1S/C18H36N2O/c1-4-5-6-7-8-9-10-11-12-13-18(21)20-14-16(2)19-17(3)15-20/h16-17,19H,4-15H2,1-3H3. The molecule has 1 rings (SSSR count). The van der Waals surface area contributed by atoms with Gasteiger partial charge in [-0.3, -0.25) is 4.79 Å². The first-order valence-corrected chi connectivity index (χ1v) is 9.17.